The van der Waals surface area contributed by atoms with Gasteiger partial charge in [0.1, 0.15) is 11.6 Å². The fraction of sp³-hybridized carbons (Fsp3) is 0.333. The number of carbonyl (C=O) groups is 2. The van der Waals surface area contributed by atoms with Crippen LogP contribution in [-0.4, -0.2) is 37.8 Å². The van der Waals surface area contributed by atoms with E-state index in [2.05, 4.69) is 4.74 Å². The minimum atomic E-state index is -3.93. The van der Waals surface area contributed by atoms with Crippen molar-refractivity contribution in [2.24, 2.45) is 0 Å². The van der Waals surface area contributed by atoms with Gasteiger partial charge in [0, 0.05) is 5.56 Å². The number of carboxylic acids is 1. The summed E-state index contributed by atoms with van der Waals surface area (Å²) < 4.78 is 41.4. The summed E-state index contributed by atoms with van der Waals surface area (Å²) in [5.41, 5.74) is -0.526. The molecule has 0 amide bonds. The number of hydrogen-bond donors (Lipinski definition) is 1. The van der Waals surface area contributed by atoms with Gasteiger partial charge in [0.15, 0.2) is 9.84 Å². The molecule has 8 heteroatoms. The van der Waals surface area contributed by atoms with E-state index < -0.39 is 39.1 Å². The van der Waals surface area contributed by atoms with E-state index in [0.717, 1.165) is 18.2 Å². The van der Waals surface area contributed by atoms with Gasteiger partial charge in [-0.2, -0.15) is 0 Å². The number of carboxylic acid groups (broad SMARTS) is 1. The van der Waals surface area contributed by atoms with Crippen molar-refractivity contribution < 1.29 is 32.2 Å². The van der Waals surface area contributed by atoms with Gasteiger partial charge in [0.2, 0.25) is 0 Å². The highest BCUT2D eigenvalue weighted by molar-refractivity contribution is 7.91. The Balaban J connectivity index is 2.94. The molecule has 1 aromatic carbocycles. The summed E-state index contributed by atoms with van der Waals surface area (Å²) >= 11 is 0. The molecule has 1 aromatic rings. The van der Waals surface area contributed by atoms with Gasteiger partial charge in [-0.25, -0.2) is 17.6 Å². The van der Waals surface area contributed by atoms with Crippen LogP contribution in [0.2, 0.25) is 0 Å². The lowest BCUT2D eigenvalue weighted by molar-refractivity contribution is -0.139. The Hall–Kier alpha value is -1.96. The molecule has 0 radical (unpaired) electrons. The lowest BCUT2D eigenvalue weighted by Crippen LogP contribution is -2.20. The van der Waals surface area contributed by atoms with Crippen LogP contribution in [0.4, 0.5) is 4.39 Å². The first kappa shape index (κ1) is 16.1. The topological polar surface area (TPSA) is 97.7 Å². The number of ether oxygens (including phenoxy) is 1. The van der Waals surface area contributed by atoms with Crippen LogP contribution in [0, 0.1) is 5.82 Å². The molecule has 0 bridgehead atoms. The predicted octanol–water partition coefficient (Wildman–Crippen LogP) is 1.00. The Morgan fingerprint density at radius 3 is 2.55 bits per heavy atom. The number of benzene rings is 1. The lowest BCUT2D eigenvalue weighted by atomic mass is 10.1. The van der Waals surface area contributed by atoms with Crippen LogP contribution < -0.4 is 0 Å². The smallest absolute Gasteiger partial charge is 0.335 e. The van der Waals surface area contributed by atoms with E-state index in [4.69, 9.17) is 5.11 Å². The molecular formula is C12H13FO6S. The SMILES string of the molecule is CCOC(=O)CS(=O)(=O)Cc1cc(C(=O)O)ccc1F. The fourth-order valence-corrected chi connectivity index (χ4v) is 2.73. The Labute approximate surface area is 115 Å². The van der Waals surface area contributed by atoms with Crippen molar-refractivity contribution >= 4 is 21.8 Å². The first-order valence-corrected chi connectivity index (χ1v) is 7.45. The number of rotatable bonds is 6. The number of esters is 1. The average Bonchev–Trinajstić information content (AvgIpc) is 2.30. The van der Waals surface area contributed by atoms with Crippen molar-refractivity contribution in [1.82, 2.24) is 0 Å². The second-order valence-corrected chi connectivity index (χ2v) is 6.01. The molecule has 0 fully saturated rings. The fourth-order valence-electron chi connectivity index (χ4n) is 1.49. The van der Waals surface area contributed by atoms with Gasteiger partial charge in [-0.3, -0.25) is 4.79 Å². The maximum absolute atomic E-state index is 13.5. The Morgan fingerprint density at radius 2 is 2.00 bits per heavy atom. The zero-order valence-electron chi connectivity index (χ0n) is 10.6. The summed E-state index contributed by atoms with van der Waals surface area (Å²) in [7, 11) is -3.93. The number of sulfone groups is 1. The Kier molecular flexibility index (Phi) is 5.20. The molecule has 0 aromatic heterocycles. The van der Waals surface area contributed by atoms with E-state index >= 15 is 0 Å². The van der Waals surface area contributed by atoms with Crippen LogP contribution >= 0.6 is 0 Å². The summed E-state index contributed by atoms with van der Waals surface area (Å²) in [4.78, 5) is 21.9. The molecule has 0 saturated heterocycles. The molecular weight excluding hydrogens is 291 g/mol. The van der Waals surface area contributed by atoms with Crippen LogP contribution in [0.25, 0.3) is 0 Å². The second kappa shape index (κ2) is 6.47. The Bertz CT molecular complexity index is 623. The maximum Gasteiger partial charge on any atom is 0.335 e. The normalized spacial score (nSPS) is 11.1. The van der Waals surface area contributed by atoms with Crippen LogP contribution in [-0.2, 0) is 25.1 Å². The first-order valence-electron chi connectivity index (χ1n) is 5.63. The molecule has 20 heavy (non-hydrogen) atoms. The lowest BCUT2D eigenvalue weighted by Gasteiger charge is -2.06. The molecule has 1 N–H and O–H groups in total. The number of hydrogen-bond acceptors (Lipinski definition) is 5. The zero-order chi connectivity index (χ0) is 15.3. The average molecular weight is 304 g/mol. The van der Waals surface area contributed by atoms with E-state index in [1.807, 2.05) is 0 Å². The number of halogens is 1. The summed E-state index contributed by atoms with van der Waals surface area (Å²) in [5, 5.41) is 8.77. The molecule has 0 unspecified atom stereocenters. The quantitative estimate of drug-likeness (QED) is 0.787. The molecule has 0 aliphatic rings. The van der Waals surface area contributed by atoms with Gasteiger partial charge in [0.25, 0.3) is 0 Å². The van der Waals surface area contributed by atoms with Crippen LogP contribution in [0.1, 0.15) is 22.8 Å². The van der Waals surface area contributed by atoms with E-state index in [1.165, 1.54) is 6.92 Å². The third-order valence-electron chi connectivity index (χ3n) is 2.31. The van der Waals surface area contributed by atoms with Gasteiger partial charge in [-0.15, -0.1) is 0 Å². The van der Waals surface area contributed by atoms with Crippen molar-refractivity contribution in [2.75, 3.05) is 12.4 Å². The van der Waals surface area contributed by atoms with E-state index in [1.54, 1.807) is 0 Å². The van der Waals surface area contributed by atoms with E-state index in [9.17, 15) is 22.4 Å². The summed E-state index contributed by atoms with van der Waals surface area (Å²) in [5.74, 6) is -4.71. The van der Waals surface area contributed by atoms with Crippen molar-refractivity contribution in [3.05, 3.63) is 35.1 Å². The zero-order valence-corrected chi connectivity index (χ0v) is 11.4. The third-order valence-corrected chi connectivity index (χ3v) is 3.74. The van der Waals surface area contributed by atoms with Gasteiger partial charge in [-0.05, 0) is 25.1 Å². The van der Waals surface area contributed by atoms with E-state index in [-0.39, 0.29) is 17.7 Å². The third kappa shape index (κ3) is 4.61. The molecule has 6 nitrogen and oxygen atoms in total. The van der Waals surface area contributed by atoms with Crippen LogP contribution in [0.5, 0.6) is 0 Å². The van der Waals surface area contributed by atoms with Gasteiger partial charge >= 0.3 is 11.9 Å². The predicted molar refractivity (Wildman–Crippen MR) is 67.5 cm³/mol. The van der Waals surface area contributed by atoms with Crippen molar-refractivity contribution in [3.8, 4) is 0 Å². The summed E-state index contributed by atoms with van der Waals surface area (Å²) in [6, 6.07) is 2.83. The Morgan fingerprint density at radius 1 is 1.35 bits per heavy atom. The molecule has 0 spiro atoms. The number of carbonyl (C=O) groups excluding carboxylic acids is 1. The molecule has 0 aliphatic carbocycles. The monoisotopic (exact) mass is 304 g/mol. The van der Waals surface area contributed by atoms with Crippen LogP contribution in [0.3, 0.4) is 0 Å². The van der Waals surface area contributed by atoms with E-state index in [0.29, 0.717) is 0 Å². The van der Waals surface area contributed by atoms with Crippen molar-refractivity contribution in [1.29, 1.82) is 0 Å². The molecule has 1 rings (SSSR count). The highest BCUT2D eigenvalue weighted by Gasteiger charge is 2.21. The van der Waals surface area contributed by atoms with Gasteiger partial charge in [0.05, 0.1) is 17.9 Å². The minimum absolute atomic E-state index is 0.0389. The molecule has 0 atom stereocenters. The summed E-state index contributed by atoms with van der Waals surface area (Å²) in [6.07, 6.45) is 0. The highest BCUT2D eigenvalue weighted by atomic mass is 32.2. The number of aromatic carboxylic acids is 1. The first-order chi connectivity index (χ1) is 9.25. The molecule has 0 aliphatic heterocycles. The molecule has 110 valence electrons. The molecule has 0 saturated carbocycles. The van der Waals surface area contributed by atoms with Crippen molar-refractivity contribution in [2.45, 2.75) is 12.7 Å². The van der Waals surface area contributed by atoms with Gasteiger partial charge < -0.3 is 9.84 Å². The minimum Gasteiger partial charge on any atom is -0.478 e. The van der Waals surface area contributed by atoms with Gasteiger partial charge in [-0.1, -0.05) is 0 Å². The maximum atomic E-state index is 13.5. The van der Waals surface area contributed by atoms with Crippen LogP contribution in [0.15, 0.2) is 18.2 Å². The second-order valence-electron chi connectivity index (χ2n) is 3.95. The molecule has 0 heterocycles. The van der Waals surface area contributed by atoms with Crippen molar-refractivity contribution in [3.63, 3.8) is 0 Å². The standard InChI is InChI=1S/C12H13FO6S/c1-2-19-11(14)7-20(17,18)6-9-5-8(12(15)16)3-4-10(9)13/h3-5H,2,6-7H2,1H3,(H,15,16). The largest absolute Gasteiger partial charge is 0.478 e. The highest BCUT2D eigenvalue weighted by Crippen LogP contribution is 2.14. The summed E-state index contributed by atoms with van der Waals surface area (Å²) in [6.45, 7) is 1.57.